The smallest absolute Gasteiger partial charge is 0.305 e. The van der Waals surface area contributed by atoms with Crippen molar-refractivity contribution in [3.05, 3.63) is 70.3 Å². The highest BCUT2D eigenvalue weighted by Crippen LogP contribution is 2.16. The van der Waals surface area contributed by atoms with Gasteiger partial charge in [0.25, 0.3) is 5.69 Å². The molecule has 2 aromatic rings. The van der Waals surface area contributed by atoms with Crippen LogP contribution in [0.3, 0.4) is 0 Å². The van der Waals surface area contributed by atoms with Crippen molar-refractivity contribution < 1.29 is 23.9 Å². The Kier molecular flexibility index (Phi) is 7.57. The van der Waals surface area contributed by atoms with Gasteiger partial charge in [0, 0.05) is 18.6 Å². The monoisotopic (exact) mass is 359 g/mol. The van der Waals surface area contributed by atoms with Gasteiger partial charge in [-0.05, 0) is 36.2 Å². The molecule has 0 spiro atoms. The van der Waals surface area contributed by atoms with Gasteiger partial charge >= 0.3 is 5.97 Å². The maximum atomic E-state index is 11.4. The minimum absolute atomic E-state index is 0.0309. The highest BCUT2D eigenvalue weighted by molar-refractivity contribution is 5.69. The SMILES string of the molecule is COC(=O)CCC(COc1ccccc1)OCc1ccc([N+](=O)[O-])cc1. The quantitative estimate of drug-likeness (QED) is 0.366. The fraction of sp³-hybridized carbons (Fsp3) is 0.316. The Bertz CT molecular complexity index is 702. The topological polar surface area (TPSA) is 87.9 Å². The minimum atomic E-state index is -0.447. The maximum Gasteiger partial charge on any atom is 0.305 e. The van der Waals surface area contributed by atoms with Gasteiger partial charge in [0.2, 0.25) is 0 Å². The second-order valence-electron chi connectivity index (χ2n) is 5.60. The van der Waals surface area contributed by atoms with Crippen LogP contribution in [0.25, 0.3) is 0 Å². The van der Waals surface area contributed by atoms with Crippen LogP contribution in [0.5, 0.6) is 5.75 Å². The normalized spacial score (nSPS) is 11.6. The van der Waals surface area contributed by atoms with Gasteiger partial charge in [0.15, 0.2) is 0 Å². The number of hydrogen-bond acceptors (Lipinski definition) is 6. The van der Waals surface area contributed by atoms with E-state index in [0.717, 1.165) is 11.3 Å². The average molecular weight is 359 g/mol. The number of non-ortho nitro benzene ring substituents is 1. The summed E-state index contributed by atoms with van der Waals surface area (Å²) in [4.78, 5) is 21.6. The largest absolute Gasteiger partial charge is 0.491 e. The summed E-state index contributed by atoms with van der Waals surface area (Å²) in [6, 6.07) is 15.5. The van der Waals surface area contributed by atoms with Crippen LogP contribution in [0.2, 0.25) is 0 Å². The summed E-state index contributed by atoms with van der Waals surface area (Å²) in [5.41, 5.74) is 0.835. The molecule has 1 unspecified atom stereocenters. The van der Waals surface area contributed by atoms with Crippen LogP contribution in [-0.4, -0.2) is 30.7 Å². The lowest BCUT2D eigenvalue weighted by atomic mass is 10.2. The second-order valence-corrected chi connectivity index (χ2v) is 5.60. The van der Waals surface area contributed by atoms with Gasteiger partial charge in [-0.3, -0.25) is 14.9 Å². The minimum Gasteiger partial charge on any atom is -0.491 e. The van der Waals surface area contributed by atoms with Crippen molar-refractivity contribution >= 4 is 11.7 Å². The first-order valence-corrected chi connectivity index (χ1v) is 8.18. The third kappa shape index (κ3) is 6.52. The van der Waals surface area contributed by atoms with E-state index in [1.54, 1.807) is 12.1 Å². The van der Waals surface area contributed by atoms with Crippen LogP contribution in [0.4, 0.5) is 5.69 Å². The number of methoxy groups -OCH3 is 1. The lowest BCUT2D eigenvalue weighted by Gasteiger charge is -2.18. The molecule has 0 aliphatic rings. The number of carbonyl (C=O) groups is 1. The highest BCUT2D eigenvalue weighted by Gasteiger charge is 2.14. The summed E-state index contributed by atoms with van der Waals surface area (Å²) in [5.74, 6) is 0.406. The van der Waals surface area contributed by atoms with Crippen LogP contribution >= 0.6 is 0 Å². The summed E-state index contributed by atoms with van der Waals surface area (Å²) in [6.07, 6.45) is 0.357. The summed E-state index contributed by atoms with van der Waals surface area (Å²) in [6.45, 7) is 0.552. The fourth-order valence-electron chi connectivity index (χ4n) is 2.23. The first-order valence-electron chi connectivity index (χ1n) is 8.18. The molecule has 0 heterocycles. The Morgan fingerprint density at radius 2 is 1.81 bits per heavy atom. The zero-order chi connectivity index (χ0) is 18.8. The number of nitro benzene ring substituents is 1. The lowest BCUT2D eigenvalue weighted by molar-refractivity contribution is -0.384. The summed E-state index contributed by atoms with van der Waals surface area (Å²) < 4.78 is 16.2. The van der Waals surface area contributed by atoms with Gasteiger partial charge in [-0.15, -0.1) is 0 Å². The van der Waals surface area contributed by atoms with Gasteiger partial charge in [0.1, 0.15) is 12.4 Å². The number of carbonyl (C=O) groups excluding carboxylic acids is 1. The van der Waals surface area contributed by atoms with Gasteiger partial charge in [-0.2, -0.15) is 0 Å². The van der Waals surface area contributed by atoms with Crippen LogP contribution in [0.1, 0.15) is 18.4 Å². The predicted molar refractivity (Wildman–Crippen MR) is 94.9 cm³/mol. The predicted octanol–water partition coefficient (Wildman–Crippen LogP) is 3.51. The average Bonchev–Trinajstić information content (AvgIpc) is 2.68. The molecule has 0 amide bonds. The van der Waals surface area contributed by atoms with Gasteiger partial charge in [-0.1, -0.05) is 18.2 Å². The van der Waals surface area contributed by atoms with Gasteiger partial charge in [0.05, 0.1) is 24.7 Å². The molecule has 0 saturated heterocycles. The van der Waals surface area contributed by atoms with E-state index in [4.69, 9.17) is 9.47 Å². The molecule has 138 valence electrons. The van der Waals surface area contributed by atoms with Gasteiger partial charge in [-0.25, -0.2) is 0 Å². The van der Waals surface area contributed by atoms with E-state index in [-0.39, 0.29) is 37.4 Å². The third-order valence-corrected chi connectivity index (χ3v) is 3.71. The van der Waals surface area contributed by atoms with Crippen molar-refractivity contribution in [3.8, 4) is 5.75 Å². The Balaban J connectivity index is 1.91. The molecule has 0 radical (unpaired) electrons. The zero-order valence-electron chi connectivity index (χ0n) is 14.5. The van der Waals surface area contributed by atoms with Gasteiger partial charge < -0.3 is 14.2 Å². The molecule has 0 N–H and O–H groups in total. The standard InChI is InChI=1S/C19H21NO6/c1-24-19(21)12-11-18(14-26-17-5-3-2-4-6-17)25-13-15-7-9-16(10-8-15)20(22)23/h2-10,18H,11-14H2,1H3. The lowest BCUT2D eigenvalue weighted by Crippen LogP contribution is -2.23. The number of nitrogens with zero attached hydrogens (tertiary/aromatic N) is 1. The number of esters is 1. The van der Waals surface area contributed by atoms with Crippen LogP contribution in [-0.2, 0) is 20.9 Å². The molecule has 7 nitrogen and oxygen atoms in total. The third-order valence-electron chi connectivity index (χ3n) is 3.71. The van der Waals surface area contributed by atoms with Crippen molar-refractivity contribution in [2.24, 2.45) is 0 Å². The molecule has 0 bridgehead atoms. The summed E-state index contributed by atoms with van der Waals surface area (Å²) in [5, 5.41) is 10.7. The van der Waals surface area contributed by atoms with Crippen molar-refractivity contribution in [1.29, 1.82) is 0 Å². The van der Waals surface area contributed by atoms with E-state index in [9.17, 15) is 14.9 Å². The number of benzene rings is 2. The maximum absolute atomic E-state index is 11.4. The van der Waals surface area contributed by atoms with E-state index >= 15 is 0 Å². The number of nitro groups is 1. The Labute approximate surface area is 151 Å². The number of hydrogen-bond donors (Lipinski definition) is 0. The van der Waals surface area contributed by atoms with Crippen molar-refractivity contribution in [3.63, 3.8) is 0 Å². The molecule has 0 fully saturated rings. The van der Waals surface area contributed by atoms with Crippen LogP contribution in [0.15, 0.2) is 54.6 Å². The molecule has 2 aromatic carbocycles. The molecule has 0 saturated carbocycles. The zero-order valence-corrected chi connectivity index (χ0v) is 14.5. The molecule has 7 heteroatoms. The van der Waals surface area contributed by atoms with E-state index in [1.807, 2.05) is 30.3 Å². The molecule has 0 aliphatic heterocycles. The van der Waals surface area contributed by atoms with Crippen molar-refractivity contribution in [1.82, 2.24) is 0 Å². The Morgan fingerprint density at radius 3 is 2.42 bits per heavy atom. The molecule has 0 aliphatic carbocycles. The summed E-state index contributed by atoms with van der Waals surface area (Å²) in [7, 11) is 1.34. The molecular formula is C19H21NO6. The second kappa shape index (κ2) is 10.1. The van der Waals surface area contributed by atoms with Crippen molar-refractivity contribution in [2.45, 2.75) is 25.6 Å². The first kappa shape index (κ1) is 19.4. The molecule has 26 heavy (non-hydrogen) atoms. The summed E-state index contributed by atoms with van der Waals surface area (Å²) >= 11 is 0. The number of rotatable bonds is 10. The highest BCUT2D eigenvalue weighted by atomic mass is 16.6. The van der Waals surface area contributed by atoms with Crippen molar-refractivity contribution in [2.75, 3.05) is 13.7 Å². The molecular weight excluding hydrogens is 338 g/mol. The molecule has 2 rings (SSSR count). The van der Waals surface area contributed by atoms with Crippen LogP contribution < -0.4 is 4.74 Å². The Morgan fingerprint density at radius 1 is 1.12 bits per heavy atom. The molecule has 1 atom stereocenters. The first-order chi connectivity index (χ1) is 12.6. The number of ether oxygens (including phenoxy) is 3. The Hall–Kier alpha value is -2.93. The number of para-hydroxylation sites is 1. The van der Waals surface area contributed by atoms with E-state index < -0.39 is 4.92 Å². The van der Waals surface area contributed by atoms with E-state index in [2.05, 4.69) is 4.74 Å². The van der Waals surface area contributed by atoms with Crippen LogP contribution in [0, 0.1) is 10.1 Å². The van der Waals surface area contributed by atoms with E-state index in [1.165, 1.54) is 19.2 Å². The fourth-order valence-corrected chi connectivity index (χ4v) is 2.23. The molecule has 0 aromatic heterocycles. The van der Waals surface area contributed by atoms with E-state index in [0.29, 0.717) is 6.42 Å².